The van der Waals surface area contributed by atoms with Gasteiger partial charge in [-0.2, -0.15) is 0 Å². The summed E-state index contributed by atoms with van der Waals surface area (Å²) in [6, 6.07) is -4.67. The number of carboxylic acids is 2. The minimum absolute atomic E-state index is 0.117. The van der Waals surface area contributed by atoms with Crippen LogP contribution in [0, 0.1) is 11.8 Å². The Kier molecular flexibility index (Phi) is 10.9. The first-order chi connectivity index (χ1) is 13.3. The second-order valence-electron chi connectivity index (χ2n) is 7.37. The molecule has 166 valence electrons. The minimum Gasteiger partial charge on any atom is -0.481 e. The number of carboxylic acid groups (broad SMARTS) is 2. The Hall–Kier alpha value is -2.69. The molecule has 5 unspecified atom stereocenters. The van der Waals surface area contributed by atoms with E-state index in [4.69, 9.17) is 15.9 Å². The highest BCUT2D eigenvalue weighted by Crippen LogP contribution is 2.08. The van der Waals surface area contributed by atoms with Gasteiger partial charge in [0.05, 0.1) is 12.5 Å². The molecule has 0 aromatic heterocycles. The Bertz CT molecular complexity index is 623. The smallest absolute Gasteiger partial charge is 0.325 e. The number of carbonyl (C=O) groups excluding carboxylic acids is 3. The Balaban J connectivity index is 5.34. The van der Waals surface area contributed by atoms with E-state index >= 15 is 0 Å². The zero-order valence-electron chi connectivity index (χ0n) is 17.4. The lowest BCUT2D eigenvalue weighted by atomic mass is 9.97. The topological polar surface area (TPSA) is 188 Å². The average Bonchev–Trinajstić information content (AvgIpc) is 2.62. The molecule has 0 spiro atoms. The van der Waals surface area contributed by atoms with E-state index in [1.54, 1.807) is 20.8 Å². The summed E-state index contributed by atoms with van der Waals surface area (Å²) in [6.07, 6.45) is -0.0925. The van der Waals surface area contributed by atoms with E-state index in [2.05, 4.69) is 16.0 Å². The first kappa shape index (κ1) is 26.3. The molecule has 0 heterocycles. The maximum Gasteiger partial charge on any atom is 0.325 e. The fraction of sp³-hybridized carbons (Fsp3) is 0.722. The molecule has 29 heavy (non-hydrogen) atoms. The third-order valence-electron chi connectivity index (χ3n) is 4.55. The summed E-state index contributed by atoms with van der Waals surface area (Å²) in [5.41, 5.74) is 5.88. The van der Waals surface area contributed by atoms with Crippen LogP contribution in [0.25, 0.3) is 0 Å². The predicted molar refractivity (Wildman–Crippen MR) is 104 cm³/mol. The van der Waals surface area contributed by atoms with Gasteiger partial charge in [-0.3, -0.25) is 24.0 Å². The number of aliphatic carboxylic acids is 2. The van der Waals surface area contributed by atoms with Crippen molar-refractivity contribution in [3.8, 4) is 0 Å². The number of hydrogen-bond donors (Lipinski definition) is 6. The van der Waals surface area contributed by atoms with Crippen molar-refractivity contribution >= 4 is 29.7 Å². The molecule has 0 radical (unpaired) electrons. The second-order valence-corrected chi connectivity index (χ2v) is 7.37. The number of nitrogens with two attached hydrogens (primary N) is 1. The van der Waals surface area contributed by atoms with Crippen molar-refractivity contribution in [2.75, 3.05) is 0 Å². The van der Waals surface area contributed by atoms with Gasteiger partial charge in [-0.05, 0) is 18.8 Å². The number of carbonyl (C=O) groups is 5. The molecule has 0 aromatic rings. The van der Waals surface area contributed by atoms with Crippen molar-refractivity contribution in [3.05, 3.63) is 0 Å². The largest absolute Gasteiger partial charge is 0.481 e. The lowest BCUT2D eigenvalue weighted by Gasteiger charge is -2.27. The average molecular weight is 416 g/mol. The summed E-state index contributed by atoms with van der Waals surface area (Å²) >= 11 is 0. The highest BCUT2D eigenvalue weighted by atomic mass is 16.4. The van der Waals surface area contributed by atoms with Crippen LogP contribution < -0.4 is 21.7 Å². The van der Waals surface area contributed by atoms with Crippen LogP contribution in [0.1, 0.15) is 47.5 Å². The second kappa shape index (κ2) is 12.0. The van der Waals surface area contributed by atoms with Crippen molar-refractivity contribution in [3.63, 3.8) is 0 Å². The molecule has 7 N–H and O–H groups in total. The van der Waals surface area contributed by atoms with Crippen molar-refractivity contribution in [1.29, 1.82) is 0 Å². The van der Waals surface area contributed by atoms with E-state index in [9.17, 15) is 24.0 Å². The van der Waals surface area contributed by atoms with Gasteiger partial charge in [0.15, 0.2) is 0 Å². The van der Waals surface area contributed by atoms with E-state index < -0.39 is 60.2 Å². The zero-order valence-corrected chi connectivity index (χ0v) is 17.4. The Morgan fingerprint density at radius 3 is 1.83 bits per heavy atom. The number of amides is 3. The molecular formula is C18H32N4O7. The van der Waals surface area contributed by atoms with Gasteiger partial charge in [0, 0.05) is 0 Å². The summed E-state index contributed by atoms with van der Waals surface area (Å²) in [5, 5.41) is 24.8. The van der Waals surface area contributed by atoms with Crippen LogP contribution >= 0.6 is 0 Å². The minimum atomic E-state index is -1.51. The highest BCUT2D eigenvalue weighted by Gasteiger charge is 2.32. The third kappa shape index (κ3) is 8.90. The van der Waals surface area contributed by atoms with Crippen LogP contribution in [0.15, 0.2) is 0 Å². The molecule has 0 saturated heterocycles. The van der Waals surface area contributed by atoms with Crippen molar-refractivity contribution < 1.29 is 34.2 Å². The van der Waals surface area contributed by atoms with Crippen LogP contribution in [0.3, 0.4) is 0 Å². The van der Waals surface area contributed by atoms with E-state index in [0.29, 0.717) is 6.42 Å². The molecule has 0 rings (SSSR count). The molecule has 0 bridgehead atoms. The molecule has 0 aromatic carbocycles. The monoisotopic (exact) mass is 416 g/mol. The molecule has 0 fully saturated rings. The van der Waals surface area contributed by atoms with Crippen LogP contribution in [-0.2, 0) is 24.0 Å². The first-order valence-electron chi connectivity index (χ1n) is 9.43. The van der Waals surface area contributed by atoms with Gasteiger partial charge >= 0.3 is 11.9 Å². The van der Waals surface area contributed by atoms with Gasteiger partial charge in [-0.15, -0.1) is 0 Å². The van der Waals surface area contributed by atoms with Crippen LogP contribution in [-0.4, -0.2) is 64.0 Å². The quantitative estimate of drug-likeness (QED) is 0.235. The van der Waals surface area contributed by atoms with E-state index in [1.165, 1.54) is 6.92 Å². The van der Waals surface area contributed by atoms with E-state index in [0.717, 1.165) is 0 Å². The normalized spacial score (nSPS) is 16.1. The Labute approximate surface area is 169 Å². The maximum atomic E-state index is 12.6. The van der Waals surface area contributed by atoms with Crippen molar-refractivity contribution in [2.45, 2.75) is 71.6 Å². The Morgan fingerprint density at radius 1 is 0.862 bits per heavy atom. The summed E-state index contributed by atoms with van der Waals surface area (Å²) in [6.45, 7) is 8.20. The summed E-state index contributed by atoms with van der Waals surface area (Å²) in [5.74, 6) is -5.44. The molecule has 3 amide bonds. The molecule has 11 heteroatoms. The zero-order chi connectivity index (χ0) is 22.9. The maximum absolute atomic E-state index is 12.6. The van der Waals surface area contributed by atoms with Crippen LogP contribution in [0.2, 0.25) is 0 Å². The summed E-state index contributed by atoms with van der Waals surface area (Å²) in [4.78, 5) is 59.1. The molecule has 0 aliphatic heterocycles. The molecule has 0 saturated carbocycles. The number of nitrogens with one attached hydrogen (secondary N) is 3. The van der Waals surface area contributed by atoms with E-state index in [1.807, 2.05) is 6.92 Å². The lowest BCUT2D eigenvalue weighted by Crippen LogP contribution is -2.59. The highest BCUT2D eigenvalue weighted by molar-refractivity contribution is 5.95. The van der Waals surface area contributed by atoms with Gasteiger partial charge in [0.2, 0.25) is 17.7 Å². The fourth-order valence-electron chi connectivity index (χ4n) is 2.32. The van der Waals surface area contributed by atoms with Gasteiger partial charge in [0.1, 0.15) is 18.1 Å². The van der Waals surface area contributed by atoms with Gasteiger partial charge < -0.3 is 31.9 Å². The predicted octanol–water partition coefficient (Wildman–Crippen LogP) is -0.951. The third-order valence-corrected chi connectivity index (χ3v) is 4.55. The molecule has 11 nitrogen and oxygen atoms in total. The van der Waals surface area contributed by atoms with Crippen LogP contribution in [0.5, 0.6) is 0 Å². The van der Waals surface area contributed by atoms with Crippen molar-refractivity contribution in [2.24, 2.45) is 17.6 Å². The van der Waals surface area contributed by atoms with Gasteiger partial charge in [-0.25, -0.2) is 0 Å². The van der Waals surface area contributed by atoms with Crippen LogP contribution in [0.4, 0.5) is 0 Å². The molecule has 0 aliphatic carbocycles. The summed E-state index contributed by atoms with van der Waals surface area (Å²) < 4.78 is 0. The van der Waals surface area contributed by atoms with E-state index in [-0.39, 0.29) is 11.8 Å². The van der Waals surface area contributed by atoms with Gasteiger partial charge in [-0.1, -0.05) is 34.1 Å². The molecular weight excluding hydrogens is 384 g/mol. The number of hydrogen-bond acceptors (Lipinski definition) is 6. The molecule has 0 aliphatic rings. The Morgan fingerprint density at radius 2 is 1.41 bits per heavy atom. The van der Waals surface area contributed by atoms with Crippen molar-refractivity contribution in [1.82, 2.24) is 16.0 Å². The molecule has 5 atom stereocenters. The summed E-state index contributed by atoms with van der Waals surface area (Å²) in [7, 11) is 0. The first-order valence-corrected chi connectivity index (χ1v) is 9.43. The van der Waals surface area contributed by atoms with Gasteiger partial charge in [0.25, 0.3) is 0 Å². The number of rotatable bonds is 12. The fourth-order valence-corrected chi connectivity index (χ4v) is 2.32. The standard InChI is InChI=1S/C18H32N4O7/c1-6-9(4)13(19)16(26)22-14(8(2)3)17(27)21-11(7-12(23)24)15(25)20-10(5)18(28)29/h8-11,13-14H,6-7,19H2,1-5H3,(H,20,25)(H,21,27)(H,22,26)(H,23,24)(H,28,29). The lowest BCUT2D eigenvalue weighted by molar-refractivity contribution is -0.143. The SMILES string of the molecule is CCC(C)C(N)C(=O)NC(C(=O)NC(CC(=O)O)C(=O)NC(C)C(=O)O)C(C)C.